The van der Waals surface area contributed by atoms with Crippen LogP contribution in [0.5, 0.6) is 0 Å². The molecule has 1 fully saturated rings. The van der Waals surface area contributed by atoms with Gasteiger partial charge in [-0.15, -0.1) is 0 Å². The third kappa shape index (κ3) is 6.33. The molecule has 1 aromatic carbocycles. The molecule has 3 heterocycles. The number of thiophene rings is 1. The number of para-hydroxylation sites is 1. The summed E-state index contributed by atoms with van der Waals surface area (Å²) in [4.78, 5) is 56.4. The summed E-state index contributed by atoms with van der Waals surface area (Å²) in [7, 11) is 0. The zero-order chi connectivity index (χ0) is 28.3. The van der Waals surface area contributed by atoms with E-state index in [1.54, 1.807) is 28.1 Å². The van der Waals surface area contributed by atoms with Crippen molar-refractivity contribution < 1.29 is 19.2 Å². The Kier molecular flexibility index (Phi) is 8.76. The van der Waals surface area contributed by atoms with E-state index in [0.717, 1.165) is 28.9 Å². The summed E-state index contributed by atoms with van der Waals surface area (Å²) in [5, 5.41) is 9.70. The minimum absolute atomic E-state index is 0.0491. The zero-order valence-corrected chi connectivity index (χ0v) is 24.0. The highest BCUT2D eigenvalue weighted by molar-refractivity contribution is 7.07. The second-order valence-corrected chi connectivity index (χ2v) is 12.0. The molecule has 9 nitrogen and oxygen atoms in total. The lowest BCUT2D eigenvalue weighted by Gasteiger charge is -2.38. The van der Waals surface area contributed by atoms with E-state index < -0.39 is 29.4 Å². The molecule has 1 unspecified atom stereocenters. The summed E-state index contributed by atoms with van der Waals surface area (Å²) in [6.45, 7) is 8.35. The van der Waals surface area contributed by atoms with Crippen LogP contribution in [0.3, 0.4) is 0 Å². The van der Waals surface area contributed by atoms with Crippen molar-refractivity contribution in [3.8, 4) is 0 Å². The van der Waals surface area contributed by atoms with Gasteiger partial charge in [-0.3, -0.25) is 19.2 Å². The van der Waals surface area contributed by atoms with E-state index in [2.05, 4.69) is 10.6 Å². The molecule has 3 atom stereocenters. The summed E-state index contributed by atoms with van der Waals surface area (Å²) >= 11 is 1.55. The third-order valence-electron chi connectivity index (χ3n) is 7.54. The van der Waals surface area contributed by atoms with Crippen molar-refractivity contribution >= 4 is 46.3 Å². The van der Waals surface area contributed by atoms with Crippen LogP contribution in [-0.4, -0.2) is 47.8 Å². The third-order valence-corrected chi connectivity index (χ3v) is 8.27. The van der Waals surface area contributed by atoms with E-state index in [1.165, 1.54) is 0 Å². The molecule has 210 valence electrons. The molecule has 2 aliphatic heterocycles. The number of carbonyl (C=O) groups excluding carboxylic acids is 4. The van der Waals surface area contributed by atoms with Gasteiger partial charge in [-0.2, -0.15) is 11.3 Å². The Bertz CT molecular complexity index is 1230. The standard InChI is InChI=1S/C29H39N5O4S/c1-5-29(4,30)28(38)32-21(14-18(2)3)26(36)31-22-15-20-8-6-9-23(33-12-7-10-24(33)35)25(20)34(27(22)37)16-19-11-13-39-17-19/h6,8-9,11,13,17-18,21-22H,5,7,10,12,14-16,30H2,1-4H3,(H,31,36)(H,32,38)/t21-,22?,29+/m1/s1. The first kappa shape index (κ1) is 28.8. The number of amides is 4. The maximum atomic E-state index is 14.0. The summed E-state index contributed by atoms with van der Waals surface area (Å²) in [5.74, 6) is -0.872. The molecular formula is C29H39N5O4S. The van der Waals surface area contributed by atoms with Crippen molar-refractivity contribution in [1.29, 1.82) is 0 Å². The predicted molar refractivity (Wildman–Crippen MR) is 153 cm³/mol. The number of fused-ring (bicyclic) bond motifs is 1. The van der Waals surface area contributed by atoms with Crippen LogP contribution in [0.25, 0.3) is 0 Å². The highest BCUT2D eigenvalue weighted by atomic mass is 32.1. The van der Waals surface area contributed by atoms with Gasteiger partial charge in [-0.25, -0.2) is 0 Å². The van der Waals surface area contributed by atoms with Crippen LogP contribution < -0.4 is 26.2 Å². The second-order valence-electron chi connectivity index (χ2n) is 11.2. The Balaban J connectivity index is 1.63. The molecule has 1 aromatic heterocycles. The second kappa shape index (κ2) is 11.9. The molecule has 39 heavy (non-hydrogen) atoms. The number of benzene rings is 1. The number of nitrogens with two attached hydrogens (primary N) is 1. The quantitative estimate of drug-likeness (QED) is 0.417. The van der Waals surface area contributed by atoms with Crippen LogP contribution in [0.15, 0.2) is 35.0 Å². The first-order valence-corrected chi connectivity index (χ1v) is 14.6. The number of nitrogens with zero attached hydrogens (tertiary/aromatic N) is 2. The number of anilines is 2. The van der Waals surface area contributed by atoms with E-state index in [1.807, 2.05) is 55.8 Å². The van der Waals surface area contributed by atoms with E-state index in [0.29, 0.717) is 38.8 Å². The lowest BCUT2D eigenvalue weighted by Crippen LogP contribution is -2.60. The van der Waals surface area contributed by atoms with Gasteiger partial charge < -0.3 is 26.2 Å². The van der Waals surface area contributed by atoms with Crippen molar-refractivity contribution in [3.63, 3.8) is 0 Å². The molecule has 0 spiro atoms. The number of hydrogen-bond donors (Lipinski definition) is 3. The predicted octanol–water partition coefficient (Wildman–Crippen LogP) is 3.11. The maximum absolute atomic E-state index is 14.0. The average molecular weight is 554 g/mol. The Hall–Kier alpha value is -3.24. The van der Waals surface area contributed by atoms with E-state index in [-0.39, 0.29) is 17.7 Å². The van der Waals surface area contributed by atoms with E-state index in [9.17, 15) is 19.2 Å². The minimum atomic E-state index is -1.10. The van der Waals surface area contributed by atoms with Crippen LogP contribution in [0, 0.1) is 5.92 Å². The van der Waals surface area contributed by atoms with Gasteiger partial charge in [0, 0.05) is 19.4 Å². The first-order valence-electron chi connectivity index (χ1n) is 13.7. The molecule has 0 aliphatic carbocycles. The molecule has 4 rings (SSSR count). The van der Waals surface area contributed by atoms with Crippen molar-refractivity contribution in [1.82, 2.24) is 10.6 Å². The van der Waals surface area contributed by atoms with Gasteiger partial charge in [0.2, 0.25) is 23.6 Å². The molecule has 4 amide bonds. The maximum Gasteiger partial charge on any atom is 0.250 e. The highest BCUT2D eigenvalue weighted by Gasteiger charge is 2.39. The van der Waals surface area contributed by atoms with Crippen LogP contribution in [0.2, 0.25) is 0 Å². The van der Waals surface area contributed by atoms with Crippen molar-refractivity contribution in [2.24, 2.45) is 11.7 Å². The van der Waals surface area contributed by atoms with Gasteiger partial charge >= 0.3 is 0 Å². The molecular weight excluding hydrogens is 514 g/mol. The largest absolute Gasteiger partial charge is 0.343 e. The first-order chi connectivity index (χ1) is 18.5. The van der Waals surface area contributed by atoms with Crippen molar-refractivity contribution in [3.05, 3.63) is 46.2 Å². The summed E-state index contributed by atoms with van der Waals surface area (Å²) in [6, 6.07) is 6.07. The Morgan fingerprint density at radius 1 is 1.23 bits per heavy atom. The Morgan fingerprint density at radius 2 is 2.00 bits per heavy atom. The summed E-state index contributed by atoms with van der Waals surface area (Å²) < 4.78 is 0. The Morgan fingerprint density at radius 3 is 2.62 bits per heavy atom. The van der Waals surface area contributed by atoms with Gasteiger partial charge in [0.25, 0.3) is 0 Å². The van der Waals surface area contributed by atoms with Gasteiger partial charge in [0.05, 0.1) is 23.5 Å². The monoisotopic (exact) mass is 553 g/mol. The fraction of sp³-hybridized carbons (Fsp3) is 0.517. The summed E-state index contributed by atoms with van der Waals surface area (Å²) in [6.07, 6.45) is 2.40. The smallest absolute Gasteiger partial charge is 0.250 e. The number of hydrogen-bond acceptors (Lipinski definition) is 6. The molecule has 0 radical (unpaired) electrons. The molecule has 0 bridgehead atoms. The minimum Gasteiger partial charge on any atom is -0.343 e. The lowest BCUT2D eigenvalue weighted by molar-refractivity contribution is -0.133. The fourth-order valence-corrected chi connectivity index (χ4v) is 5.73. The van der Waals surface area contributed by atoms with Crippen LogP contribution >= 0.6 is 11.3 Å². The van der Waals surface area contributed by atoms with Gasteiger partial charge in [-0.1, -0.05) is 32.9 Å². The van der Waals surface area contributed by atoms with Gasteiger partial charge in [-0.05, 0) is 66.1 Å². The normalized spacial score (nSPS) is 19.6. The van der Waals surface area contributed by atoms with E-state index in [4.69, 9.17) is 5.73 Å². The van der Waals surface area contributed by atoms with Crippen molar-refractivity contribution in [2.45, 2.75) is 84.0 Å². The SMILES string of the molecule is CC[C@](C)(N)C(=O)N[C@H](CC(C)C)C(=O)NC1Cc2cccc(N3CCCC3=O)c2N(Cc2ccsc2)C1=O. The highest BCUT2D eigenvalue weighted by Crippen LogP contribution is 2.40. The van der Waals surface area contributed by atoms with Crippen LogP contribution in [0.1, 0.15) is 64.5 Å². The van der Waals surface area contributed by atoms with Crippen LogP contribution in [-0.2, 0) is 32.1 Å². The molecule has 0 saturated carbocycles. The summed E-state index contributed by atoms with van der Waals surface area (Å²) in [5.41, 5.74) is 8.34. The zero-order valence-electron chi connectivity index (χ0n) is 23.2. The lowest BCUT2D eigenvalue weighted by atomic mass is 9.94. The molecule has 2 aromatic rings. The molecule has 1 saturated heterocycles. The topological polar surface area (TPSA) is 125 Å². The molecule has 4 N–H and O–H groups in total. The number of carbonyl (C=O) groups is 4. The number of nitrogens with one attached hydrogen (secondary N) is 2. The average Bonchev–Trinajstić information content (AvgIpc) is 3.56. The fourth-order valence-electron chi connectivity index (χ4n) is 5.07. The molecule has 10 heteroatoms. The van der Waals surface area contributed by atoms with Crippen molar-refractivity contribution in [2.75, 3.05) is 16.3 Å². The molecule has 2 aliphatic rings. The van der Waals surface area contributed by atoms with Gasteiger partial charge in [0.15, 0.2) is 0 Å². The Labute approximate surface area is 234 Å². The van der Waals surface area contributed by atoms with Crippen LogP contribution in [0.4, 0.5) is 11.4 Å². The van der Waals surface area contributed by atoms with E-state index >= 15 is 0 Å². The number of rotatable bonds is 10. The van der Waals surface area contributed by atoms with Gasteiger partial charge in [0.1, 0.15) is 12.1 Å².